The number of carbonyl (C=O) groups is 2. The van der Waals surface area contributed by atoms with Gasteiger partial charge >= 0.3 is 11.9 Å². The SMILES string of the molecule is CC(C(=O)O)[C@H](Br)C(=O)O. The quantitative estimate of drug-likeness (QED) is 0.668. The van der Waals surface area contributed by atoms with E-state index in [9.17, 15) is 9.59 Å². The lowest BCUT2D eigenvalue weighted by molar-refractivity contribution is -0.146. The molecular weight excluding hydrogens is 204 g/mol. The second-order valence-corrected chi connectivity index (χ2v) is 2.85. The summed E-state index contributed by atoms with van der Waals surface area (Å²) in [5.74, 6) is -3.18. The lowest BCUT2D eigenvalue weighted by Crippen LogP contribution is -2.27. The van der Waals surface area contributed by atoms with E-state index in [1.165, 1.54) is 6.92 Å². The molecule has 58 valence electrons. The molecule has 1 unspecified atom stereocenters. The minimum atomic E-state index is -1.16. The Kier molecular flexibility index (Phi) is 3.35. The lowest BCUT2D eigenvalue weighted by atomic mass is 10.1. The van der Waals surface area contributed by atoms with Crippen molar-refractivity contribution >= 4 is 27.9 Å². The van der Waals surface area contributed by atoms with Crippen molar-refractivity contribution in [3.05, 3.63) is 0 Å². The van der Waals surface area contributed by atoms with Crippen LogP contribution in [0.4, 0.5) is 0 Å². The van der Waals surface area contributed by atoms with Crippen molar-refractivity contribution < 1.29 is 19.8 Å². The molecule has 0 aliphatic heterocycles. The Morgan fingerprint density at radius 2 is 1.70 bits per heavy atom. The molecule has 0 rings (SSSR count). The fourth-order valence-electron chi connectivity index (χ4n) is 0.339. The molecule has 4 nitrogen and oxygen atoms in total. The topological polar surface area (TPSA) is 74.6 Å². The van der Waals surface area contributed by atoms with Gasteiger partial charge in [-0.15, -0.1) is 0 Å². The smallest absolute Gasteiger partial charge is 0.318 e. The normalized spacial score (nSPS) is 15.8. The monoisotopic (exact) mass is 210 g/mol. The second kappa shape index (κ2) is 3.55. The van der Waals surface area contributed by atoms with Gasteiger partial charge in [-0.05, 0) is 0 Å². The summed E-state index contributed by atoms with van der Waals surface area (Å²) in [5.41, 5.74) is 0. The van der Waals surface area contributed by atoms with Gasteiger partial charge in [0.15, 0.2) is 0 Å². The van der Waals surface area contributed by atoms with Crippen LogP contribution in [-0.2, 0) is 9.59 Å². The number of carboxylic acid groups (broad SMARTS) is 2. The molecule has 0 saturated carbocycles. The molecule has 2 atom stereocenters. The number of alkyl halides is 1. The van der Waals surface area contributed by atoms with Gasteiger partial charge in [0.05, 0.1) is 5.92 Å². The number of carboxylic acids is 2. The highest BCUT2D eigenvalue weighted by Gasteiger charge is 2.26. The maximum Gasteiger partial charge on any atom is 0.318 e. The first-order valence-electron chi connectivity index (χ1n) is 2.56. The average Bonchev–Trinajstić information content (AvgIpc) is 1.84. The Morgan fingerprint density at radius 3 is 1.80 bits per heavy atom. The van der Waals surface area contributed by atoms with Gasteiger partial charge in [-0.2, -0.15) is 0 Å². The van der Waals surface area contributed by atoms with Crippen LogP contribution in [-0.4, -0.2) is 27.0 Å². The molecule has 0 aliphatic rings. The first-order valence-corrected chi connectivity index (χ1v) is 3.48. The van der Waals surface area contributed by atoms with E-state index in [-0.39, 0.29) is 0 Å². The minimum Gasteiger partial charge on any atom is -0.481 e. The summed E-state index contributed by atoms with van der Waals surface area (Å²) in [4.78, 5) is 19.3. The molecule has 5 heteroatoms. The van der Waals surface area contributed by atoms with Crippen molar-refractivity contribution in [2.45, 2.75) is 11.8 Å². The third kappa shape index (κ3) is 2.34. The predicted octanol–water partition coefficient (Wildman–Crippen LogP) is 0.555. The van der Waals surface area contributed by atoms with E-state index in [2.05, 4.69) is 15.9 Å². The van der Waals surface area contributed by atoms with Crippen LogP contribution in [0.3, 0.4) is 0 Å². The van der Waals surface area contributed by atoms with Crippen LogP contribution in [0.2, 0.25) is 0 Å². The number of halogens is 1. The molecule has 0 saturated heterocycles. The summed E-state index contributed by atoms with van der Waals surface area (Å²) in [6.07, 6.45) is 0. The van der Waals surface area contributed by atoms with E-state index < -0.39 is 22.7 Å². The van der Waals surface area contributed by atoms with Gasteiger partial charge in [-0.3, -0.25) is 9.59 Å². The van der Waals surface area contributed by atoms with Crippen LogP contribution in [0.5, 0.6) is 0 Å². The number of hydrogen-bond acceptors (Lipinski definition) is 2. The minimum absolute atomic E-state index is 0.905. The Balaban J connectivity index is 4.07. The van der Waals surface area contributed by atoms with Gasteiger partial charge < -0.3 is 10.2 Å². The van der Waals surface area contributed by atoms with E-state index in [1.54, 1.807) is 0 Å². The van der Waals surface area contributed by atoms with E-state index >= 15 is 0 Å². The van der Waals surface area contributed by atoms with E-state index in [4.69, 9.17) is 10.2 Å². The molecule has 0 aromatic carbocycles. The maximum atomic E-state index is 10.2. The molecule has 0 amide bonds. The highest BCUT2D eigenvalue weighted by atomic mass is 79.9. The first-order chi connectivity index (χ1) is 4.46. The lowest BCUT2D eigenvalue weighted by Gasteiger charge is -2.07. The third-order valence-corrected chi connectivity index (χ3v) is 2.25. The molecule has 0 bridgehead atoms. The molecule has 0 aromatic rings. The molecule has 0 spiro atoms. The van der Waals surface area contributed by atoms with Crippen molar-refractivity contribution in [2.24, 2.45) is 5.92 Å². The summed E-state index contributed by atoms with van der Waals surface area (Å²) in [6, 6.07) is 0. The summed E-state index contributed by atoms with van der Waals surface area (Å²) in [5, 5.41) is 16.6. The first kappa shape index (κ1) is 9.42. The van der Waals surface area contributed by atoms with Gasteiger partial charge in [0.25, 0.3) is 0 Å². The fourth-order valence-corrected chi connectivity index (χ4v) is 0.565. The molecular formula is C5H7BrO4. The van der Waals surface area contributed by atoms with Crippen LogP contribution >= 0.6 is 15.9 Å². The molecule has 10 heavy (non-hydrogen) atoms. The standard InChI is InChI=1S/C5H7BrO4/c1-2(4(7)8)3(6)5(9)10/h2-3H,1H3,(H,7,8)(H,9,10)/t2?,3-/m0/s1. The van der Waals surface area contributed by atoms with Crippen molar-refractivity contribution in [1.29, 1.82) is 0 Å². The van der Waals surface area contributed by atoms with Gasteiger partial charge in [0, 0.05) is 0 Å². The third-order valence-electron chi connectivity index (χ3n) is 1.06. The second-order valence-electron chi connectivity index (χ2n) is 1.87. The largest absolute Gasteiger partial charge is 0.481 e. The molecule has 0 radical (unpaired) electrons. The molecule has 0 aliphatic carbocycles. The average molecular weight is 211 g/mol. The summed E-state index contributed by atoms with van der Waals surface area (Å²) in [7, 11) is 0. The van der Waals surface area contributed by atoms with Crippen LogP contribution in [0.25, 0.3) is 0 Å². The van der Waals surface area contributed by atoms with Crippen LogP contribution in [0.1, 0.15) is 6.92 Å². The van der Waals surface area contributed by atoms with Gasteiger partial charge in [-0.25, -0.2) is 0 Å². The predicted molar refractivity (Wildman–Crippen MR) is 37.2 cm³/mol. The molecule has 0 aromatic heterocycles. The highest BCUT2D eigenvalue weighted by Crippen LogP contribution is 2.12. The van der Waals surface area contributed by atoms with E-state index in [1.807, 2.05) is 0 Å². The van der Waals surface area contributed by atoms with Gasteiger partial charge in [0.2, 0.25) is 0 Å². The summed E-state index contributed by atoms with van der Waals surface area (Å²) < 4.78 is 0. The van der Waals surface area contributed by atoms with E-state index in [0.29, 0.717) is 0 Å². The van der Waals surface area contributed by atoms with Gasteiger partial charge in [0.1, 0.15) is 4.83 Å². The number of hydrogen-bond donors (Lipinski definition) is 2. The molecule has 2 N–H and O–H groups in total. The Morgan fingerprint density at radius 1 is 1.30 bits per heavy atom. The summed E-state index contributed by atoms with van der Waals surface area (Å²) in [6.45, 7) is 1.33. The zero-order valence-corrected chi connectivity index (χ0v) is 6.83. The van der Waals surface area contributed by atoms with Crippen molar-refractivity contribution in [2.75, 3.05) is 0 Å². The van der Waals surface area contributed by atoms with Crippen molar-refractivity contribution in [3.63, 3.8) is 0 Å². The fraction of sp³-hybridized carbons (Fsp3) is 0.600. The molecule has 0 fully saturated rings. The number of aliphatic carboxylic acids is 2. The van der Waals surface area contributed by atoms with Crippen LogP contribution in [0, 0.1) is 5.92 Å². The maximum absolute atomic E-state index is 10.2. The Bertz CT molecular complexity index is 138. The number of rotatable bonds is 3. The van der Waals surface area contributed by atoms with Gasteiger partial charge in [-0.1, -0.05) is 22.9 Å². The molecule has 0 heterocycles. The summed E-state index contributed by atoms with van der Waals surface area (Å²) >= 11 is 2.73. The van der Waals surface area contributed by atoms with Crippen LogP contribution in [0.15, 0.2) is 0 Å². The highest BCUT2D eigenvalue weighted by molar-refractivity contribution is 9.10. The Labute approximate surface area is 66.0 Å². The van der Waals surface area contributed by atoms with E-state index in [0.717, 1.165) is 0 Å². The van der Waals surface area contributed by atoms with Crippen molar-refractivity contribution in [1.82, 2.24) is 0 Å². The zero-order valence-electron chi connectivity index (χ0n) is 5.24. The van der Waals surface area contributed by atoms with Crippen molar-refractivity contribution in [3.8, 4) is 0 Å². The van der Waals surface area contributed by atoms with Crippen LogP contribution < -0.4 is 0 Å². The zero-order chi connectivity index (χ0) is 8.31. The Hall–Kier alpha value is -0.580.